The summed E-state index contributed by atoms with van der Waals surface area (Å²) in [6.45, 7) is 4.31. The molecule has 1 aromatic heterocycles. The van der Waals surface area contributed by atoms with Crippen molar-refractivity contribution in [3.05, 3.63) is 57.8 Å². The van der Waals surface area contributed by atoms with Crippen LogP contribution >= 0.6 is 23.1 Å². The second-order valence-corrected chi connectivity index (χ2v) is 7.89. The van der Waals surface area contributed by atoms with Crippen molar-refractivity contribution in [1.29, 1.82) is 0 Å². The van der Waals surface area contributed by atoms with Crippen LogP contribution in [0.4, 0.5) is 0 Å². The van der Waals surface area contributed by atoms with Crippen LogP contribution in [0.3, 0.4) is 0 Å². The molecule has 0 fully saturated rings. The molecule has 132 valence electrons. The zero-order valence-electron chi connectivity index (χ0n) is 14.3. The molecule has 0 aliphatic heterocycles. The van der Waals surface area contributed by atoms with E-state index in [9.17, 15) is 9.59 Å². The Balaban J connectivity index is 1.59. The maximum absolute atomic E-state index is 11.7. The van der Waals surface area contributed by atoms with Gasteiger partial charge in [0.25, 0.3) is 5.91 Å². The highest BCUT2D eigenvalue weighted by atomic mass is 32.2. The summed E-state index contributed by atoms with van der Waals surface area (Å²) in [6.07, 6.45) is 3.03. The van der Waals surface area contributed by atoms with Crippen molar-refractivity contribution in [3.8, 4) is 0 Å². The smallest absolute Gasteiger partial charge is 0.331 e. The Labute approximate surface area is 156 Å². The van der Waals surface area contributed by atoms with Crippen LogP contribution in [0.1, 0.15) is 15.3 Å². The fourth-order valence-electron chi connectivity index (χ4n) is 1.92. The molecule has 2 rings (SSSR count). The Morgan fingerprint density at radius 1 is 1.16 bits per heavy atom. The Kier molecular flexibility index (Phi) is 7.76. The predicted molar refractivity (Wildman–Crippen MR) is 104 cm³/mol. The zero-order valence-corrected chi connectivity index (χ0v) is 15.9. The molecule has 1 amide bonds. The molecule has 0 radical (unpaired) electrons. The molecule has 1 heterocycles. The molecule has 0 aliphatic carbocycles. The SMILES string of the molecule is Cc1ccc(SCCNC(=O)COC(=O)/C=C/c2ccc(C)s2)cc1. The molecule has 0 unspecified atom stereocenters. The van der Waals surface area contributed by atoms with Gasteiger partial charge < -0.3 is 10.1 Å². The number of amides is 1. The summed E-state index contributed by atoms with van der Waals surface area (Å²) in [5.41, 5.74) is 1.22. The van der Waals surface area contributed by atoms with Crippen LogP contribution in [-0.4, -0.2) is 30.8 Å². The van der Waals surface area contributed by atoms with Crippen molar-refractivity contribution >= 4 is 41.1 Å². The van der Waals surface area contributed by atoms with Gasteiger partial charge in [-0.25, -0.2) is 4.79 Å². The second-order valence-electron chi connectivity index (χ2n) is 5.40. The van der Waals surface area contributed by atoms with Crippen LogP contribution in [-0.2, 0) is 14.3 Å². The van der Waals surface area contributed by atoms with Gasteiger partial charge in [-0.1, -0.05) is 17.7 Å². The molecule has 25 heavy (non-hydrogen) atoms. The van der Waals surface area contributed by atoms with Crippen LogP contribution in [0, 0.1) is 13.8 Å². The van der Waals surface area contributed by atoms with E-state index in [1.54, 1.807) is 29.2 Å². The van der Waals surface area contributed by atoms with Crippen LogP contribution < -0.4 is 5.32 Å². The topological polar surface area (TPSA) is 55.4 Å². The number of benzene rings is 1. The predicted octanol–water partition coefficient (Wildman–Crippen LogP) is 3.83. The highest BCUT2D eigenvalue weighted by Gasteiger charge is 2.05. The average molecular weight is 376 g/mol. The summed E-state index contributed by atoms with van der Waals surface area (Å²) < 4.78 is 4.92. The molecule has 1 N–H and O–H groups in total. The van der Waals surface area contributed by atoms with Gasteiger partial charge in [0.2, 0.25) is 0 Å². The molecule has 0 spiro atoms. The molecule has 0 saturated carbocycles. The van der Waals surface area contributed by atoms with Crippen molar-refractivity contribution < 1.29 is 14.3 Å². The van der Waals surface area contributed by atoms with Crippen LogP contribution in [0.25, 0.3) is 6.08 Å². The van der Waals surface area contributed by atoms with E-state index in [4.69, 9.17) is 4.74 Å². The number of thioether (sulfide) groups is 1. The van der Waals surface area contributed by atoms with E-state index in [1.807, 2.05) is 26.0 Å². The Bertz CT molecular complexity index is 735. The highest BCUT2D eigenvalue weighted by molar-refractivity contribution is 7.99. The first kappa shape index (κ1) is 19.3. The third kappa shape index (κ3) is 7.58. The van der Waals surface area contributed by atoms with Gasteiger partial charge >= 0.3 is 5.97 Å². The molecule has 0 atom stereocenters. The largest absolute Gasteiger partial charge is 0.452 e. The molecule has 0 bridgehead atoms. The number of ether oxygens (including phenoxy) is 1. The molecule has 0 saturated heterocycles. The van der Waals surface area contributed by atoms with E-state index in [-0.39, 0.29) is 12.5 Å². The van der Waals surface area contributed by atoms with Gasteiger partial charge in [0.1, 0.15) is 0 Å². The van der Waals surface area contributed by atoms with E-state index >= 15 is 0 Å². The van der Waals surface area contributed by atoms with Crippen LogP contribution in [0.5, 0.6) is 0 Å². The summed E-state index contributed by atoms with van der Waals surface area (Å²) in [5.74, 6) is -0.0473. The van der Waals surface area contributed by atoms with Gasteiger partial charge in [-0.2, -0.15) is 0 Å². The lowest BCUT2D eigenvalue weighted by Crippen LogP contribution is -2.30. The lowest BCUT2D eigenvalue weighted by Gasteiger charge is -2.05. The summed E-state index contributed by atoms with van der Waals surface area (Å²) in [7, 11) is 0. The minimum Gasteiger partial charge on any atom is -0.452 e. The number of hydrogen-bond donors (Lipinski definition) is 1. The molecule has 0 aliphatic rings. The number of carbonyl (C=O) groups is 2. The summed E-state index contributed by atoms with van der Waals surface area (Å²) in [4.78, 5) is 26.6. The summed E-state index contributed by atoms with van der Waals surface area (Å²) in [6, 6.07) is 12.2. The number of carbonyl (C=O) groups excluding carboxylic acids is 2. The van der Waals surface area contributed by atoms with Crippen molar-refractivity contribution in [1.82, 2.24) is 5.32 Å². The minimum atomic E-state index is -0.518. The maximum atomic E-state index is 11.7. The standard InChI is InChI=1S/C19H21NO3S2/c1-14-3-6-16(7-4-14)24-12-11-20-18(21)13-23-19(22)10-9-17-8-5-15(2)25-17/h3-10H,11-13H2,1-2H3,(H,20,21)/b10-9+. The quantitative estimate of drug-likeness (QED) is 0.330. The van der Waals surface area contributed by atoms with Crippen molar-refractivity contribution in [2.75, 3.05) is 18.9 Å². The number of nitrogens with one attached hydrogen (secondary N) is 1. The Morgan fingerprint density at radius 3 is 2.60 bits per heavy atom. The van der Waals surface area contributed by atoms with Gasteiger partial charge in [-0.3, -0.25) is 4.79 Å². The second kappa shape index (κ2) is 10.1. The van der Waals surface area contributed by atoms with Gasteiger partial charge in [0.05, 0.1) is 0 Å². The number of rotatable bonds is 8. The summed E-state index contributed by atoms with van der Waals surface area (Å²) >= 11 is 3.26. The average Bonchev–Trinajstić information content (AvgIpc) is 3.02. The first-order valence-corrected chi connectivity index (χ1v) is 9.70. The third-order valence-electron chi connectivity index (χ3n) is 3.20. The van der Waals surface area contributed by atoms with Crippen molar-refractivity contribution in [2.45, 2.75) is 18.7 Å². The Hall–Kier alpha value is -2.05. The normalized spacial score (nSPS) is 10.8. The minimum absolute atomic E-state index is 0.262. The van der Waals surface area contributed by atoms with Gasteiger partial charge in [-0.05, 0) is 44.2 Å². The van der Waals surface area contributed by atoms with E-state index in [1.165, 1.54) is 21.4 Å². The molecule has 2 aromatic rings. The number of esters is 1. The zero-order chi connectivity index (χ0) is 18.1. The molecule has 6 heteroatoms. The van der Waals surface area contributed by atoms with Crippen LogP contribution in [0.2, 0.25) is 0 Å². The molecule has 1 aromatic carbocycles. The fraction of sp³-hybridized carbons (Fsp3) is 0.263. The third-order valence-corrected chi connectivity index (χ3v) is 5.18. The molecular weight excluding hydrogens is 354 g/mol. The van der Waals surface area contributed by atoms with Gasteiger partial charge in [-0.15, -0.1) is 23.1 Å². The highest BCUT2D eigenvalue weighted by Crippen LogP contribution is 2.17. The number of thiophene rings is 1. The van der Waals surface area contributed by atoms with Crippen molar-refractivity contribution in [3.63, 3.8) is 0 Å². The molecular formula is C19H21NO3S2. The maximum Gasteiger partial charge on any atom is 0.331 e. The first-order chi connectivity index (χ1) is 12.0. The number of aryl methyl sites for hydroxylation is 2. The lowest BCUT2D eigenvalue weighted by molar-refractivity contribution is -0.143. The molecule has 4 nitrogen and oxygen atoms in total. The lowest BCUT2D eigenvalue weighted by atomic mass is 10.2. The van der Waals surface area contributed by atoms with Crippen LogP contribution in [0.15, 0.2) is 47.4 Å². The first-order valence-electron chi connectivity index (χ1n) is 7.90. The van der Waals surface area contributed by atoms with E-state index in [0.717, 1.165) is 10.6 Å². The van der Waals surface area contributed by atoms with E-state index < -0.39 is 5.97 Å². The number of hydrogen-bond acceptors (Lipinski definition) is 5. The van der Waals surface area contributed by atoms with Crippen molar-refractivity contribution in [2.24, 2.45) is 0 Å². The van der Waals surface area contributed by atoms with E-state index in [2.05, 4.69) is 29.6 Å². The Morgan fingerprint density at radius 2 is 1.92 bits per heavy atom. The monoisotopic (exact) mass is 375 g/mol. The fourth-order valence-corrected chi connectivity index (χ4v) is 3.47. The summed E-state index contributed by atoms with van der Waals surface area (Å²) in [5, 5.41) is 2.74. The van der Waals surface area contributed by atoms with Gasteiger partial charge in [0.15, 0.2) is 6.61 Å². The van der Waals surface area contributed by atoms with E-state index in [0.29, 0.717) is 6.54 Å². The van der Waals surface area contributed by atoms with Gasteiger partial charge in [0, 0.05) is 33.0 Å².